The van der Waals surface area contributed by atoms with Crippen molar-refractivity contribution in [2.24, 2.45) is 11.6 Å². The minimum absolute atomic E-state index is 0.0854. The Kier molecular flexibility index (Phi) is 4.14. The fraction of sp³-hybridized carbons (Fsp3) is 0.500. The predicted molar refractivity (Wildman–Crippen MR) is 73.8 cm³/mol. The number of likely N-dealkylation sites (N-methyl/N-ethyl adjacent to an activating group) is 1. The molecule has 0 saturated carbocycles. The summed E-state index contributed by atoms with van der Waals surface area (Å²) in [5, 5.41) is 1.03. The molecule has 0 saturated heterocycles. The van der Waals surface area contributed by atoms with Crippen molar-refractivity contribution in [1.82, 2.24) is 5.01 Å². The Hall–Kier alpha value is -1.39. The molecular formula is C14H23N3O. The lowest BCUT2D eigenvalue weighted by Gasteiger charge is -2.23. The van der Waals surface area contributed by atoms with Gasteiger partial charge in [0.25, 0.3) is 5.91 Å². The van der Waals surface area contributed by atoms with Crippen molar-refractivity contribution in [2.75, 3.05) is 7.05 Å². The average molecular weight is 249 g/mol. The normalized spacial score (nSPS) is 13.3. The first kappa shape index (κ1) is 14.7. The first-order valence-electron chi connectivity index (χ1n) is 6.03. The summed E-state index contributed by atoms with van der Waals surface area (Å²) >= 11 is 0. The smallest absolute Gasteiger partial charge is 0.257 e. The van der Waals surface area contributed by atoms with E-state index in [2.05, 4.69) is 26.8 Å². The highest BCUT2D eigenvalue weighted by Gasteiger charge is 2.21. The molecule has 18 heavy (non-hydrogen) atoms. The standard InChI is InChI=1S/C14H23N3O/c1-9-8-10(14(2,3)4)6-7-11(9)12(15)13(18)17(5)16/h6-8,12H,15-16H2,1-5H3. The topological polar surface area (TPSA) is 72.4 Å². The van der Waals surface area contributed by atoms with Crippen molar-refractivity contribution in [3.63, 3.8) is 0 Å². The Morgan fingerprint density at radius 1 is 1.33 bits per heavy atom. The largest absolute Gasteiger partial charge is 0.316 e. The molecule has 1 rings (SSSR count). The second-order valence-corrected chi connectivity index (χ2v) is 5.75. The average Bonchev–Trinajstić information content (AvgIpc) is 2.25. The van der Waals surface area contributed by atoms with E-state index >= 15 is 0 Å². The van der Waals surface area contributed by atoms with E-state index in [1.54, 1.807) is 0 Å². The van der Waals surface area contributed by atoms with Gasteiger partial charge in [0.1, 0.15) is 6.04 Å². The lowest BCUT2D eigenvalue weighted by atomic mass is 9.84. The second kappa shape index (κ2) is 5.08. The van der Waals surface area contributed by atoms with Crippen LogP contribution in [0, 0.1) is 6.92 Å². The van der Waals surface area contributed by atoms with Crippen molar-refractivity contribution in [2.45, 2.75) is 39.2 Å². The third-order valence-electron chi connectivity index (χ3n) is 3.08. The van der Waals surface area contributed by atoms with Gasteiger partial charge in [-0.15, -0.1) is 0 Å². The number of benzene rings is 1. The van der Waals surface area contributed by atoms with Crippen molar-refractivity contribution in [3.05, 3.63) is 34.9 Å². The van der Waals surface area contributed by atoms with Crippen molar-refractivity contribution < 1.29 is 4.79 Å². The molecule has 0 aromatic heterocycles. The van der Waals surface area contributed by atoms with Gasteiger partial charge in [0, 0.05) is 7.05 Å². The van der Waals surface area contributed by atoms with Gasteiger partial charge >= 0.3 is 0 Å². The summed E-state index contributed by atoms with van der Waals surface area (Å²) < 4.78 is 0. The lowest BCUT2D eigenvalue weighted by molar-refractivity contribution is -0.131. The zero-order valence-electron chi connectivity index (χ0n) is 11.8. The summed E-state index contributed by atoms with van der Waals surface area (Å²) in [7, 11) is 1.50. The van der Waals surface area contributed by atoms with Crippen LogP contribution in [0.1, 0.15) is 43.5 Å². The number of carbonyl (C=O) groups is 1. The molecule has 1 atom stereocenters. The summed E-state index contributed by atoms with van der Waals surface area (Å²) in [6.45, 7) is 8.43. The first-order valence-corrected chi connectivity index (χ1v) is 6.03. The maximum Gasteiger partial charge on any atom is 0.257 e. The van der Waals surface area contributed by atoms with E-state index < -0.39 is 6.04 Å². The Morgan fingerprint density at radius 3 is 2.28 bits per heavy atom. The van der Waals surface area contributed by atoms with Crippen LogP contribution in [-0.4, -0.2) is 18.0 Å². The molecule has 0 fully saturated rings. The highest BCUT2D eigenvalue weighted by molar-refractivity contribution is 5.82. The van der Waals surface area contributed by atoms with E-state index in [-0.39, 0.29) is 11.3 Å². The van der Waals surface area contributed by atoms with Crippen LogP contribution in [0.4, 0.5) is 0 Å². The summed E-state index contributed by atoms with van der Waals surface area (Å²) in [6.07, 6.45) is 0. The number of aryl methyl sites for hydroxylation is 1. The molecule has 100 valence electrons. The molecule has 1 amide bonds. The van der Waals surface area contributed by atoms with Crippen LogP contribution < -0.4 is 11.6 Å². The van der Waals surface area contributed by atoms with Crippen LogP contribution >= 0.6 is 0 Å². The summed E-state index contributed by atoms with van der Waals surface area (Å²) in [6, 6.07) is 5.32. The van der Waals surface area contributed by atoms with Gasteiger partial charge in [-0.1, -0.05) is 39.0 Å². The SMILES string of the molecule is Cc1cc(C(C)(C)C)ccc1C(N)C(=O)N(C)N. The number of hydrogen-bond donors (Lipinski definition) is 2. The predicted octanol–water partition coefficient (Wildman–Crippen LogP) is 1.62. The number of hydrazine groups is 1. The van der Waals surface area contributed by atoms with E-state index in [1.165, 1.54) is 12.6 Å². The quantitative estimate of drug-likeness (QED) is 0.475. The number of hydrogen-bond acceptors (Lipinski definition) is 3. The Labute approximate surface area is 109 Å². The molecule has 4 nitrogen and oxygen atoms in total. The van der Waals surface area contributed by atoms with E-state index in [4.69, 9.17) is 11.6 Å². The van der Waals surface area contributed by atoms with Crippen LogP contribution in [0.5, 0.6) is 0 Å². The number of amides is 1. The maximum absolute atomic E-state index is 11.8. The Balaban J connectivity index is 3.10. The molecule has 0 aliphatic rings. The zero-order valence-corrected chi connectivity index (χ0v) is 11.8. The third kappa shape index (κ3) is 3.09. The summed E-state index contributed by atoms with van der Waals surface area (Å²) in [4.78, 5) is 11.8. The molecule has 0 heterocycles. The molecule has 1 aromatic carbocycles. The van der Waals surface area contributed by atoms with Gasteiger partial charge in [-0.05, 0) is 29.0 Å². The van der Waals surface area contributed by atoms with E-state index in [0.29, 0.717) is 0 Å². The number of nitrogens with zero attached hydrogens (tertiary/aromatic N) is 1. The molecule has 0 spiro atoms. The summed E-state index contributed by atoms with van der Waals surface area (Å²) in [5.74, 6) is 5.14. The fourth-order valence-electron chi connectivity index (χ4n) is 1.84. The van der Waals surface area contributed by atoms with E-state index in [9.17, 15) is 4.79 Å². The molecule has 0 bridgehead atoms. The Morgan fingerprint density at radius 2 is 1.89 bits per heavy atom. The van der Waals surface area contributed by atoms with Crippen molar-refractivity contribution in [3.8, 4) is 0 Å². The summed E-state index contributed by atoms with van der Waals surface area (Å²) in [5.41, 5.74) is 9.08. The fourth-order valence-corrected chi connectivity index (χ4v) is 1.84. The number of rotatable bonds is 2. The van der Waals surface area contributed by atoms with E-state index in [1.807, 2.05) is 19.1 Å². The molecule has 4 heteroatoms. The minimum atomic E-state index is -0.700. The van der Waals surface area contributed by atoms with Crippen molar-refractivity contribution in [1.29, 1.82) is 0 Å². The van der Waals surface area contributed by atoms with Gasteiger partial charge in [-0.25, -0.2) is 5.84 Å². The van der Waals surface area contributed by atoms with Gasteiger partial charge in [0.05, 0.1) is 0 Å². The van der Waals surface area contributed by atoms with Crippen LogP contribution in [-0.2, 0) is 10.2 Å². The zero-order chi connectivity index (χ0) is 14.1. The molecular weight excluding hydrogens is 226 g/mol. The molecule has 0 aliphatic heterocycles. The highest BCUT2D eigenvalue weighted by Crippen LogP contribution is 2.26. The molecule has 0 radical (unpaired) electrons. The van der Waals surface area contributed by atoms with Gasteiger partial charge in [-0.3, -0.25) is 9.80 Å². The van der Waals surface area contributed by atoms with Crippen LogP contribution in [0.25, 0.3) is 0 Å². The lowest BCUT2D eigenvalue weighted by Crippen LogP contribution is -2.40. The second-order valence-electron chi connectivity index (χ2n) is 5.75. The van der Waals surface area contributed by atoms with Gasteiger partial charge in [0.15, 0.2) is 0 Å². The van der Waals surface area contributed by atoms with Crippen LogP contribution in [0.15, 0.2) is 18.2 Å². The first-order chi connectivity index (χ1) is 8.14. The van der Waals surface area contributed by atoms with Crippen LogP contribution in [0.3, 0.4) is 0 Å². The molecule has 1 unspecified atom stereocenters. The Bertz CT molecular complexity index is 447. The van der Waals surface area contributed by atoms with Gasteiger partial charge in [-0.2, -0.15) is 0 Å². The third-order valence-corrected chi connectivity index (χ3v) is 3.08. The van der Waals surface area contributed by atoms with Crippen LogP contribution in [0.2, 0.25) is 0 Å². The minimum Gasteiger partial charge on any atom is -0.316 e. The highest BCUT2D eigenvalue weighted by atomic mass is 16.2. The van der Waals surface area contributed by atoms with Crippen molar-refractivity contribution >= 4 is 5.91 Å². The van der Waals surface area contributed by atoms with Gasteiger partial charge in [0.2, 0.25) is 0 Å². The maximum atomic E-state index is 11.8. The van der Waals surface area contributed by atoms with Gasteiger partial charge < -0.3 is 5.73 Å². The molecule has 1 aromatic rings. The molecule has 0 aliphatic carbocycles. The monoisotopic (exact) mass is 249 g/mol. The number of carbonyl (C=O) groups excluding carboxylic acids is 1. The molecule has 4 N–H and O–H groups in total. The number of nitrogens with two attached hydrogens (primary N) is 2. The van der Waals surface area contributed by atoms with E-state index in [0.717, 1.165) is 16.1 Å².